The summed E-state index contributed by atoms with van der Waals surface area (Å²) in [5.74, 6) is 0.941. The molecule has 0 fully saturated rings. The maximum Gasteiger partial charge on any atom is 0.327 e. The van der Waals surface area contributed by atoms with Gasteiger partial charge in [0.05, 0.1) is 6.42 Å². The monoisotopic (exact) mass is 529 g/mol. The predicted molar refractivity (Wildman–Crippen MR) is 154 cm³/mol. The van der Waals surface area contributed by atoms with Crippen LogP contribution in [-0.2, 0) is 14.4 Å². The highest BCUT2D eigenvalue weighted by molar-refractivity contribution is 7.99. The Morgan fingerprint density at radius 3 is 1.83 bits per heavy atom. The van der Waals surface area contributed by atoms with Crippen LogP contribution in [0.3, 0.4) is 0 Å². The second-order valence-corrected chi connectivity index (χ2v) is 11.9. The molecule has 0 rings (SSSR count). The van der Waals surface area contributed by atoms with Crippen LogP contribution < -0.4 is 5.32 Å². The number of carbonyl (C=O) groups is 3. The van der Waals surface area contributed by atoms with E-state index in [0.29, 0.717) is 5.75 Å². The van der Waals surface area contributed by atoms with E-state index in [0.717, 1.165) is 37.0 Å². The van der Waals surface area contributed by atoms with Crippen LogP contribution in [0.15, 0.2) is 11.6 Å². The maximum absolute atomic E-state index is 11.5. The number of amides is 1. The van der Waals surface area contributed by atoms with Crippen molar-refractivity contribution in [1.82, 2.24) is 5.32 Å². The van der Waals surface area contributed by atoms with Crippen molar-refractivity contribution in [2.75, 3.05) is 11.5 Å². The Balaban J connectivity index is 0. The summed E-state index contributed by atoms with van der Waals surface area (Å²) in [5.41, 5.74) is 1.28. The van der Waals surface area contributed by atoms with E-state index < -0.39 is 23.9 Å². The third kappa shape index (κ3) is 27.1. The third-order valence-electron chi connectivity index (χ3n) is 5.91. The molecule has 6 nitrogen and oxygen atoms in total. The summed E-state index contributed by atoms with van der Waals surface area (Å²) in [5, 5.41) is 19.9. The molecule has 3 N–H and O–H groups in total. The SMILES string of the molecule is CC(C)CCCC(C)CCCC(C)C.CCCC/C(C)=C/CSC[C@H](NC(=O)CCC(=O)O)C(=O)O. The fourth-order valence-corrected chi connectivity index (χ4v) is 4.50. The van der Waals surface area contributed by atoms with E-state index >= 15 is 0 Å². The maximum atomic E-state index is 11.5. The molecule has 0 radical (unpaired) electrons. The highest BCUT2D eigenvalue weighted by atomic mass is 32.2. The van der Waals surface area contributed by atoms with E-state index in [2.05, 4.69) is 59.9 Å². The highest BCUT2D eigenvalue weighted by Crippen LogP contribution is 2.19. The van der Waals surface area contributed by atoms with Crippen molar-refractivity contribution in [2.45, 2.75) is 125 Å². The van der Waals surface area contributed by atoms with Gasteiger partial charge in [-0.1, -0.05) is 98.1 Å². The molecule has 0 unspecified atom stereocenters. The molecule has 7 heteroatoms. The Labute approximate surface area is 225 Å². The summed E-state index contributed by atoms with van der Waals surface area (Å²) in [6.45, 7) is 15.9. The quantitative estimate of drug-likeness (QED) is 0.111. The van der Waals surface area contributed by atoms with Crippen LogP contribution in [-0.4, -0.2) is 45.6 Å². The summed E-state index contributed by atoms with van der Waals surface area (Å²) in [6, 6.07) is -0.990. The number of thioether (sulfide) groups is 1. The number of nitrogens with one attached hydrogen (secondary N) is 1. The lowest BCUT2D eigenvalue weighted by molar-refractivity contribution is -0.141. The summed E-state index contributed by atoms with van der Waals surface area (Å²) in [7, 11) is 0. The van der Waals surface area contributed by atoms with E-state index in [1.807, 2.05) is 0 Å². The first kappa shape index (κ1) is 36.7. The lowest BCUT2D eigenvalue weighted by atomic mass is 9.94. The molecule has 36 heavy (non-hydrogen) atoms. The van der Waals surface area contributed by atoms with E-state index in [4.69, 9.17) is 10.2 Å². The minimum absolute atomic E-state index is 0.209. The summed E-state index contributed by atoms with van der Waals surface area (Å²) >= 11 is 1.43. The molecular weight excluding hydrogens is 474 g/mol. The van der Waals surface area contributed by atoms with Crippen molar-refractivity contribution in [3.63, 3.8) is 0 Å². The molecule has 0 spiro atoms. The van der Waals surface area contributed by atoms with Gasteiger partial charge in [-0.2, -0.15) is 11.8 Å². The number of hydrogen-bond acceptors (Lipinski definition) is 4. The third-order valence-corrected chi connectivity index (χ3v) is 6.89. The van der Waals surface area contributed by atoms with Gasteiger partial charge >= 0.3 is 11.9 Å². The van der Waals surface area contributed by atoms with E-state index in [9.17, 15) is 14.4 Å². The zero-order valence-corrected chi connectivity index (χ0v) is 24.9. The van der Waals surface area contributed by atoms with Crippen molar-refractivity contribution in [3.05, 3.63) is 11.6 Å². The van der Waals surface area contributed by atoms with Gasteiger partial charge < -0.3 is 15.5 Å². The van der Waals surface area contributed by atoms with E-state index in [1.54, 1.807) is 0 Å². The van der Waals surface area contributed by atoms with Crippen molar-refractivity contribution in [2.24, 2.45) is 17.8 Å². The van der Waals surface area contributed by atoms with Gasteiger partial charge in [0.15, 0.2) is 0 Å². The molecule has 0 aliphatic heterocycles. The Kier molecular flexibility index (Phi) is 24.3. The number of carboxylic acids is 2. The molecule has 0 heterocycles. The molecular formula is C29H55NO5S. The lowest BCUT2D eigenvalue weighted by Crippen LogP contribution is -2.42. The number of aliphatic carboxylic acids is 2. The van der Waals surface area contributed by atoms with Gasteiger partial charge in [0.1, 0.15) is 6.04 Å². The van der Waals surface area contributed by atoms with Crippen LogP contribution >= 0.6 is 11.8 Å². The first-order valence-electron chi connectivity index (χ1n) is 13.9. The minimum atomic E-state index is -1.11. The molecule has 0 saturated heterocycles. The van der Waals surface area contributed by atoms with Crippen LogP contribution in [0.1, 0.15) is 119 Å². The van der Waals surface area contributed by atoms with Gasteiger partial charge in [-0.15, -0.1) is 0 Å². The fraction of sp³-hybridized carbons (Fsp3) is 0.828. The average molecular weight is 530 g/mol. The number of hydrogen-bond donors (Lipinski definition) is 3. The van der Waals surface area contributed by atoms with E-state index in [1.165, 1.54) is 55.9 Å². The fourth-order valence-electron chi connectivity index (χ4n) is 3.50. The van der Waals surface area contributed by atoms with Crippen LogP contribution in [0.4, 0.5) is 0 Å². The Morgan fingerprint density at radius 2 is 1.39 bits per heavy atom. The highest BCUT2D eigenvalue weighted by Gasteiger charge is 2.19. The number of carboxylic acid groups (broad SMARTS) is 2. The predicted octanol–water partition coefficient (Wildman–Crippen LogP) is 7.57. The van der Waals surface area contributed by atoms with Crippen molar-refractivity contribution >= 4 is 29.6 Å². The molecule has 0 aromatic rings. The Morgan fingerprint density at radius 1 is 0.833 bits per heavy atom. The molecule has 1 atom stereocenters. The van der Waals surface area contributed by atoms with Crippen LogP contribution in [0.5, 0.6) is 0 Å². The van der Waals surface area contributed by atoms with Crippen molar-refractivity contribution < 1.29 is 24.6 Å². The van der Waals surface area contributed by atoms with Crippen LogP contribution in [0.2, 0.25) is 0 Å². The second-order valence-electron chi connectivity index (χ2n) is 10.8. The molecule has 0 aromatic heterocycles. The van der Waals surface area contributed by atoms with Gasteiger partial charge in [0.25, 0.3) is 0 Å². The number of unbranched alkanes of at least 4 members (excludes halogenated alkanes) is 1. The van der Waals surface area contributed by atoms with Crippen molar-refractivity contribution in [3.8, 4) is 0 Å². The number of allylic oxidation sites excluding steroid dienone is 1. The second kappa shape index (κ2) is 23.9. The summed E-state index contributed by atoms with van der Waals surface area (Å²) in [4.78, 5) is 32.9. The van der Waals surface area contributed by atoms with Crippen LogP contribution in [0, 0.1) is 17.8 Å². The molecule has 0 aromatic carbocycles. The zero-order chi connectivity index (χ0) is 27.9. The molecule has 1 amide bonds. The first-order chi connectivity index (χ1) is 16.9. The normalized spacial score (nSPS) is 12.4. The Hall–Kier alpha value is -1.50. The number of carbonyl (C=O) groups excluding carboxylic acids is 1. The lowest BCUT2D eigenvalue weighted by Gasteiger charge is -2.13. The Bertz CT molecular complexity index is 605. The van der Waals surface area contributed by atoms with Gasteiger partial charge in [0.2, 0.25) is 5.91 Å². The topological polar surface area (TPSA) is 104 Å². The molecule has 212 valence electrons. The summed E-state index contributed by atoms with van der Waals surface area (Å²) < 4.78 is 0. The minimum Gasteiger partial charge on any atom is -0.481 e. The molecule has 0 aliphatic carbocycles. The first-order valence-corrected chi connectivity index (χ1v) is 15.0. The molecule has 0 aliphatic rings. The van der Waals surface area contributed by atoms with Gasteiger partial charge in [-0.25, -0.2) is 4.79 Å². The van der Waals surface area contributed by atoms with E-state index in [-0.39, 0.29) is 18.6 Å². The average Bonchev–Trinajstić information content (AvgIpc) is 2.78. The van der Waals surface area contributed by atoms with Crippen LogP contribution in [0.25, 0.3) is 0 Å². The van der Waals surface area contributed by atoms with Gasteiger partial charge in [0, 0.05) is 17.9 Å². The van der Waals surface area contributed by atoms with Gasteiger partial charge in [-0.05, 0) is 37.5 Å². The largest absolute Gasteiger partial charge is 0.481 e. The van der Waals surface area contributed by atoms with Crippen molar-refractivity contribution in [1.29, 1.82) is 0 Å². The smallest absolute Gasteiger partial charge is 0.327 e. The summed E-state index contributed by atoms with van der Waals surface area (Å²) in [6.07, 6.45) is 13.5. The zero-order valence-electron chi connectivity index (χ0n) is 24.1. The standard InChI is InChI=1S/C15H25NO5S.C14H30/c1-3-4-5-11(2)8-9-22-10-12(15(20)21)16-13(17)6-7-14(18)19;1-12(2)8-6-10-14(5)11-7-9-13(3)4/h8,12H,3-7,9-10H2,1-2H3,(H,16,17)(H,18,19)(H,20,21);12-14H,6-11H2,1-5H3/b11-8+;/t12-;/m0./s1. The number of rotatable bonds is 20. The van der Waals surface area contributed by atoms with Gasteiger partial charge in [-0.3, -0.25) is 9.59 Å². The molecule has 0 saturated carbocycles. The molecule has 0 bridgehead atoms.